The van der Waals surface area contributed by atoms with E-state index in [1.165, 1.54) is 5.56 Å². The Hall–Kier alpha value is -2.21. The van der Waals surface area contributed by atoms with Crippen LogP contribution in [-0.2, 0) is 11.3 Å². The highest BCUT2D eigenvalue weighted by molar-refractivity contribution is 5.78. The summed E-state index contributed by atoms with van der Waals surface area (Å²) in [5.74, 6) is 1.48. The van der Waals surface area contributed by atoms with Gasteiger partial charge in [-0.1, -0.05) is 35.0 Å². The summed E-state index contributed by atoms with van der Waals surface area (Å²) in [6.45, 7) is 4.35. The minimum atomic E-state index is 0.0632. The molecule has 1 unspecified atom stereocenters. The SMILES string of the molecule is Cc1ccc(-c2noc(CN3CCCC(C(=O)N(C)C)C3)n2)cc1. The van der Waals surface area contributed by atoms with Crippen molar-refractivity contribution in [3.63, 3.8) is 0 Å². The molecule has 2 heterocycles. The molecule has 0 saturated carbocycles. The summed E-state index contributed by atoms with van der Waals surface area (Å²) < 4.78 is 5.40. The molecule has 1 saturated heterocycles. The van der Waals surface area contributed by atoms with Crippen LogP contribution in [-0.4, -0.2) is 53.0 Å². The predicted octanol–water partition coefficient (Wildman–Crippen LogP) is 2.35. The van der Waals surface area contributed by atoms with E-state index in [1.54, 1.807) is 4.90 Å². The molecule has 128 valence electrons. The normalized spacial score (nSPS) is 18.5. The molecular weight excluding hydrogens is 304 g/mol. The summed E-state index contributed by atoms with van der Waals surface area (Å²) in [6, 6.07) is 8.06. The summed E-state index contributed by atoms with van der Waals surface area (Å²) in [5.41, 5.74) is 2.15. The standard InChI is InChI=1S/C18H24N4O2/c1-13-6-8-14(9-7-13)17-19-16(24-20-17)12-22-10-4-5-15(11-22)18(23)21(2)3/h6-9,15H,4-5,10-12H2,1-3H3. The summed E-state index contributed by atoms with van der Waals surface area (Å²) in [5, 5.41) is 4.08. The number of benzene rings is 1. The number of carbonyl (C=O) groups is 1. The van der Waals surface area contributed by atoms with Crippen molar-refractivity contribution in [1.82, 2.24) is 19.9 Å². The summed E-state index contributed by atoms with van der Waals surface area (Å²) >= 11 is 0. The number of nitrogens with zero attached hydrogens (tertiary/aromatic N) is 4. The number of carbonyl (C=O) groups excluding carboxylic acids is 1. The Morgan fingerprint density at radius 1 is 1.33 bits per heavy atom. The van der Waals surface area contributed by atoms with Gasteiger partial charge in [-0.05, 0) is 26.3 Å². The fourth-order valence-electron chi connectivity index (χ4n) is 3.10. The van der Waals surface area contributed by atoms with Gasteiger partial charge < -0.3 is 9.42 Å². The van der Waals surface area contributed by atoms with E-state index in [-0.39, 0.29) is 11.8 Å². The van der Waals surface area contributed by atoms with Crippen molar-refractivity contribution in [2.24, 2.45) is 5.92 Å². The second kappa shape index (κ2) is 7.13. The van der Waals surface area contributed by atoms with E-state index in [1.807, 2.05) is 45.3 Å². The van der Waals surface area contributed by atoms with Crippen LogP contribution in [0.1, 0.15) is 24.3 Å². The largest absolute Gasteiger partial charge is 0.349 e. The molecule has 1 aromatic heterocycles. The van der Waals surface area contributed by atoms with Crippen molar-refractivity contribution in [2.45, 2.75) is 26.3 Å². The molecule has 0 aliphatic carbocycles. The van der Waals surface area contributed by atoms with Crippen LogP contribution in [0, 0.1) is 12.8 Å². The monoisotopic (exact) mass is 328 g/mol. The van der Waals surface area contributed by atoms with Crippen molar-refractivity contribution in [3.8, 4) is 11.4 Å². The summed E-state index contributed by atoms with van der Waals surface area (Å²) in [6.07, 6.45) is 1.97. The van der Waals surface area contributed by atoms with Gasteiger partial charge in [-0.25, -0.2) is 0 Å². The van der Waals surface area contributed by atoms with Crippen molar-refractivity contribution >= 4 is 5.91 Å². The molecule has 1 aliphatic rings. The first-order valence-corrected chi connectivity index (χ1v) is 8.36. The summed E-state index contributed by atoms with van der Waals surface area (Å²) in [7, 11) is 3.63. The zero-order valence-electron chi connectivity index (χ0n) is 14.5. The van der Waals surface area contributed by atoms with Gasteiger partial charge in [0.05, 0.1) is 12.5 Å². The highest BCUT2D eigenvalue weighted by Crippen LogP contribution is 2.21. The van der Waals surface area contributed by atoms with Crippen LogP contribution in [0.2, 0.25) is 0 Å². The van der Waals surface area contributed by atoms with Crippen LogP contribution in [0.25, 0.3) is 11.4 Å². The fourth-order valence-corrected chi connectivity index (χ4v) is 3.10. The number of aromatic nitrogens is 2. The summed E-state index contributed by atoms with van der Waals surface area (Å²) in [4.78, 5) is 20.6. The molecule has 1 fully saturated rings. The Bertz CT molecular complexity index is 693. The van der Waals surface area contributed by atoms with Gasteiger partial charge in [-0.2, -0.15) is 4.98 Å². The third-order valence-electron chi connectivity index (χ3n) is 4.43. The van der Waals surface area contributed by atoms with Gasteiger partial charge in [-0.15, -0.1) is 0 Å². The van der Waals surface area contributed by atoms with Gasteiger partial charge in [0.25, 0.3) is 0 Å². The molecule has 0 radical (unpaired) electrons. The van der Waals surface area contributed by atoms with E-state index in [0.717, 1.165) is 31.5 Å². The lowest BCUT2D eigenvalue weighted by Crippen LogP contribution is -2.42. The van der Waals surface area contributed by atoms with E-state index < -0.39 is 0 Å². The zero-order chi connectivity index (χ0) is 17.1. The molecule has 24 heavy (non-hydrogen) atoms. The van der Waals surface area contributed by atoms with Gasteiger partial charge in [0.1, 0.15) is 0 Å². The van der Waals surface area contributed by atoms with E-state index in [4.69, 9.17) is 4.52 Å². The van der Waals surface area contributed by atoms with Crippen LogP contribution in [0.15, 0.2) is 28.8 Å². The van der Waals surface area contributed by atoms with Crippen LogP contribution >= 0.6 is 0 Å². The first kappa shape index (κ1) is 16.6. The van der Waals surface area contributed by atoms with E-state index in [9.17, 15) is 4.79 Å². The average molecular weight is 328 g/mol. The lowest BCUT2D eigenvalue weighted by molar-refractivity contribution is -0.134. The molecule has 6 nitrogen and oxygen atoms in total. The molecule has 3 rings (SSSR count). The molecule has 0 bridgehead atoms. The van der Waals surface area contributed by atoms with Gasteiger partial charge in [0.2, 0.25) is 17.6 Å². The van der Waals surface area contributed by atoms with E-state index >= 15 is 0 Å². The van der Waals surface area contributed by atoms with Crippen molar-refractivity contribution in [1.29, 1.82) is 0 Å². The second-order valence-corrected chi connectivity index (χ2v) is 6.68. The molecule has 2 aromatic rings. The average Bonchev–Trinajstić information content (AvgIpc) is 3.03. The molecule has 1 aliphatic heterocycles. The highest BCUT2D eigenvalue weighted by Gasteiger charge is 2.27. The number of rotatable bonds is 4. The predicted molar refractivity (Wildman–Crippen MR) is 91.2 cm³/mol. The Balaban J connectivity index is 1.64. The first-order valence-electron chi connectivity index (χ1n) is 8.36. The van der Waals surface area contributed by atoms with E-state index in [2.05, 4.69) is 15.0 Å². The molecule has 0 N–H and O–H groups in total. The Labute approximate surface area is 142 Å². The first-order chi connectivity index (χ1) is 11.5. The smallest absolute Gasteiger partial charge is 0.241 e. The topological polar surface area (TPSA) is 62.5 Å². The number of likely N-dealkylation sites (tertiary alicyclic amines) is 1. The van der Waals surface area contributed by atoms with Crippen LogP contribution in [0.5, 0.6) is 0 Å². The molecule has 6 heteroatoms. The fraction of sp³-hybridized carbons (Fsp3) is 0.500. The maximum Gasteiger partial charge on any atom is 0.241 e. The van der Waals surface area contributed by atoms with Crippen LogP contribution in [0.3, 0.4) is 0 Å². The maximum absolute atomic E-state index is 12.2. The second-order valence-electron chi connectivity index (χ2n) is 6.68. The lowest BCUT2D eigenvalue weighted by Gasteiger charge is -2.32. The Kier molecular flexibility index (Phi) is 4.94. The van der Waals surface area contributed by atoms with Crippen LogP contribution < -0.4 is 0 Å². The van der Waals surface area contributed by atoms with Gasteiger partial charge in [-0.3, -0.25) is 9.69 Å². The minimum Gasteiger partial charge on any atom is -0.349 e. The number of hydrogen-bond acceptors (Lipinski definition) is 5. The molecule has 1 atom stereocenters. The maximum atomic E-state index is 12.2. The third-order valence-corrected chi connectivity index (χ3v) is 4.43. The van der Waals surface area contributed by atoms with Gasteiger partial charge in [0, 0.05) is 26.2 Å². The minimum absolute atomic E-state index is 0.0632. The van der Waals surface area contributed by atoms with Gasteiger partial charge in [0.15, 0.2) is 0 Å². The molecular formula is C18H24N4O2. The highest BCUT2D eigenvalue weighted by atomic mass is 16.5. The van der Waals surface area contributed by atoms with Crippen molar-refractivity contribution in [3.05, 3.63) is 35.7 Å². The number of hydrogen-bond donors (Lipinski definition) is 0. The quantitative estimate of drug-likeness (QED) is 0.862. The lowest BCUT2D eigenvalue weighted by atomic mass is 9.97. The zero-order valence-corrected chi connectivity index (χ0v) is 14.5. The molecule has 0 spiro atoms. The Morgan fingerprint density at radius 3 is 2.79 bits per heavy atom. The number of amides is 1. The van der Waals surface area contributed by atoms with Gasteiger partial charge >= 0.3 is 0 Å². The third kappa shape index (κ3) is 3.82. The number of piperidine rings is 1. The number of aryl methyl sites for hydroxylation is 1. The molecule has 1 aromatic carbocycles. The van der Waals surface area contributed by atoms with E-state index in [0.29, 0.717) is 18.3 Å². The van der Waals surface area contributed by atoms with Crippen molar-refractivity contribution in [2.75, 3.05) is 27.2 Å². The van der Waals surface area contributed by atoms with Crippen LogP contribution in [0.4, 0.5) is 0 Å². The molecule has 1 amide bonds. The Morgan fingerprint density at radius 2 is 2.08 bits per heavy atom. The van der Waals surface area contributed by atoms with Crippen molar-refractivity contribution < 1.29 is 9.32 Å².